The average molecular weight is 464 g/mol. The topological polar surface area (TPSA) is 57.2 Å². The van der Waals surface area contributed by atoms with Crippen molar-refractivity contribution in [2.45, 2.75) is 18.2 Å². The maximum absolute atomic E-state index is 13.1. The molecule has 6 nitrogen and oxygen atoms in total. The lowest BCUT2D eigenvalue weighted by molar-refractivity contribution is -0.132. The highest BCUT2D eigenvalue weighted by Gasteiger charge is 2.36. The third-order valence-electron chi connectivity index (χ3n) is 5.27. The fraction of sp³-hybridized carbons (Fsp3) is 0.350. The van der Waals surface area contributed by atoms with E-state index in [0.717, 1.165) is 44.2 Å². The predicted molar refractivity (Wildman–Crippen MR) is 108 cm³/mol. The fourth-order valence-corrected chi connectivity index (χ4v) is 5.19. The second kappa shape index (κ2) is 7.08. The summed E-state index contributed by atoms with van der Waals surface area (Å²) in [5.41, 5.74) is 3.17. The van der Waals surface area contributed by atoms with Crippen LogP contribution in [-0.2, 0) is 17.8 Å². The molecule has 0 aliphatic carbocycles. The summed E-state index contributed by atoms with van der Waals surface area (Å²) in [4.78, 5) is 15.0. The Hall–Kier alpha value is -2.06. The number of thioether (sulfide) groups is 1. The summed E-state index contributed by atoms with van der Waals surface area (Å²) in [5, 5.41) is -0.224. The molecule has 0 radical (unpaired) electrons. The fourth-order valence-electron chi connectivity index (χ4n) is 3.84. The van der Waals surface area contributed by atoms with Crippen LogP contribution >= 0.6 is 27.7 Å². The first-order valence-electron chi connectivity index (χ1n) is 8.96. The molecule has 2 aromatic carbocycles. The normalized spacial score (nSPS) is 19.1. The Bertz CT molecular complexity index is 966. The number of rotatable bonds is 4. The minimum absolute atomic E-state index is 0.135. The summed E-state index contributed by atoms with van der Waals surface area (Å²) in [6, 6.07) is 7.80. The lowest BCUT2D eigenvalue weighted by Gasteiger charge is -2.34. The van der Waals surface area contributed by atoms with Gasteiger partial charge < -0.3 is 23.8 Å². The quantitative estimate of drug-likeness (QED) is 0.685. The van der Waals surface area contributed by atoms with Crippen LogP contribution in [0.25, 0.3) is 0 Å². The van der Waals surface area contributed by atoms with Crippen LogP contribution in [0.2, 0.25) is 0 Å². The molecule has 0 N–H and O–H groups in total. The Balaban J connectivity index is 1.41. The van der Waals surface area contributed by atoms with Gasteiger partial charge >= 0.3 is 0 Å². The third-order valence-corrected chi connectivity index (χ3v) is 6.94. The number of nitrogens with zero attached hydrogens (tertiary/aromatic N) is 1. The molecule has 3 aliphatic heterocycles. The molecular weight excluding hydrogens is 446 g/mol. The number of amides is 1. The molecule has 0 saturated heterocycles. The van der Waals surface area contributed by atoms with Crippen LogP contribution in [0.5, 0.6) is 23.0 Å². The molecule has 0 saturated carbocycles. The van der Waals surface area contributed by atoms with Gasteiger partial charge in [-0.05, 0) is 42.0 Å². The smallest absolute Gasteiger partial charge is 0.240 e. The molecular formula is C20H18BrNO5S. The van der Waals surface area contributed by atoms with Gasteiger partial charge in [-0.15, -0.1) is 11.8 Å². The van der Waals surface area contributed by atoms with E-state index in [4.69, 9.17) is 18.9 Å². The minimum atomic E-state index is -0.224. The number of halogens is 1. The summed E-state index contributed by atoms with van der Waals surface area (Å²) in [5.74, 6) is 3.16. The summed E-state index contributed by atoms with van der Waals surface area (Å²) in [6.45, 7) is 1.61. The molecule has 0 spiro atoms. The summed E-state index contributed by atoms with van der Waals surface area (Å²) >= 11 is 5.16. The summed E-state index contributed by atoms with van der Waals surface area (Å²) in [7, 11) is 0. The molecule has 2 aromatic rings. The van der Waals surface area contributed by atoms with Crippen molar-refractivity contribution in [3.05, 3.63) is 45.4 Å². The van der Waals surface area contributed by atoms with Crippen LogP contribution in [0.15, 0.2) is 28.7 Å². The van der Waals surface area contributed by atoms with E-state index in [1.165, 1.54) is 0 Å². The highest BCUT2D eigenvalue weighted by Crippen LogP contribution is 2.46. The number of ether oxygens (including phenoxy) is 4. The number of carbonyl (C=O) groups is 1. The van der Waals surface area contributed by atoms with Crippen molar-refractivity contribution in [2.24, 2.45) is 0 Å². The molecule has 0 bridgehead atoms. The molecule has 0 fully saturated rings. The van der Waals surface area contributed by atoms with Crippen LogP contribution in [0.4, 0.5) is 0 Å². The van der Waals surface area contributed by atoms with E-state index in [9.17, 15) is 4.79 Å². The number of benzene rings is 2. The first-order chi connectivity index (χ1) is 13.7. The number of hydrogen-bond donors (Lipinski definition) is 0. The molecule has 3 aliphatic rings. The number of carbonyl (C=O) groups excluding carboxylic acids is 1. The Morgan fingerprint density at radius 1 is 1.11 bits per heavy atom. The van der Waals surface area contributed by atoms with Gasteiger partial charge in [0.2, 0.25) is 19.5 Å². The van der Waals surface area contributed by atoms with Gasteiger partial charge in [0.15, 0.2) is 23.0 Å². The van der Waals surface area contributed by atoms with E-state index in [-0.39, 0.29) is 24.7 Å². The minimum Gasteiger partial charge on any atom is -0.454 e. The average Bonchev–Trinajstić information content (AvgIpc) is 3.35. The zero-order valence-corrected chi connectivity index (χ0v) is 17.6. The van der Waals surface area contributed by atoms with Gasteiger partial charge in [0, 0.05) is 23.1 Å². The number of fused-ring (bicyclic) bond motifs is 4. The van der Waals surface area contributed by atoms with Crippen LogP contribution < -0.4 is 18.9 Å². The highest BCUT2D eigenvalue weighted by atomic mass is 79.9. The SMILES string of the molecule is CSC1C(=O)N(CCc2cc3c(cc2Br)OCO3)Cc2c1ccc1c2OCO1. The molecule has 28 heavy (non-hydrogen) atoms. The predicted octanol–water partition coefficient (Wildman–Crippen LogP) is 3.90. The molecule has 1 unspecified atom stereocenters. The molecule has 8 heteroatoms. The van der Waals surface area contributed by atoms with Crippen molar-refractivity contribution in [1.29, 1.82) is 0 Å². The van der Waals surface area contributed by atoms with Gasteiger partial charge in [-0.25, -0.2) is 0 Å². The van der Waals surface area contributed by atoms with Crippen LogP contribution in [0.3, 0.4) is 0 Å². The lowest BCUT2D eigenvalue weighted by atomic mass is 9.96. The lowest BCUT2D eigenvalue weighted by Crippen LogP contribution is -2.39. The zero-order valence-electron chi connectivity index (χ0n) is 15.2. The van der Waals surface area contributed by atoms with Crippen LogP contribution in [0, 0.1) is 0 Å². The van der Waals surface area contributed by atoms with Crippen molar-refractivity contribution >= 4 is 33.6 Å². The summed E-state index contributed by atoms with van der Waals surface area (Å²) < 4.78 is 23.1. The van der Waals surface area contributed by atoms with Crippen molar-refractivity contribution in [1.82, 2.24) is 4.90 Å². The van der Waals surface area contributed by atoms with Crippen molar-refractivity contribution in [3.8, 4) is 23.0 Å². The van der Waals surface area contributed by atoms with Crippen molar-refractivity contribution in [3.63, 3.8) is 0 Å². The van der Waals surface area contributed by atoms with Crippen LogP contribution in [-0.4, -0.2) is 37.2 Å². The summed E-state index contributed by atoms with van der Waals surface area (Å²) in [6.07, 6.45) is 2.68. The standard InChI is InChI=1S/C20H18BrNO5S/c1-28-19-12-2-3-15-18(27-10-24-15)13(12)8-22(20(19)23)5-4-11-6-16-17(7-14(11)21)26-9-25-16/h2-3,6-7,19H,4-5,8-10H2,1H3. The maximum atomic E-state index is 13.1. The van der Waals surface area contributed by atoms with Gasteiger partial charge in [-0.1, -0.05) is 22.0 Å². The monoisotopic (exact) mass is 463 g/mol. The zero-order chi connectivity index (χ0) is 19.3. The Labute approximate surface area is 175 Å². The Morgan fingerprint density at radius 2 is 1.86 bits per heavy atom. The maximum Gasteiger partial charge on any atom is 0.240 e. The van der Waals surface area contributed by atoms with E-state index < -0.39 is 0 Å². The van der Waals surface area contributed by atoms with Crippen molar-refractivity contribution < 1.29 is 23.7 Å². The molecule has 1 amide bonds. The van der Waals surface area contributed by atoms with Gasteiger partial charge in [0.1, 0.15) is 5.25 Å². The van der Waals surface area contributed by atoms with E-state index in [1.54, 1.807) is 11.8 Å². The second-order valence-electron chi connectivity index (χ2n) is 6.79. The van der Waals surface area contributed by atoms with Gasteiger partial charge in [0.05, 0.1) is 0 Å². The largest absolute Gasteiger partial charge is 0.454 e. The first kappa shape index (κ1) is 18.0. The highest BCUT2D eigenvalue weighted by molar-refractivity contribution is 9.10. The van der Waals surface area contributed by atoms with E-state index in [0.29, 0.717) is 19.5 Å². The molecule has 5 rings (SSSR count). The Morgan fingerprint density at radius 3 is 2.68 bits per heavy atom. The van der Waals surface area contributed by atoms with Gasteiger partial charge in [0.25, 0.3) is 0 Å². The third kappa shape index (κ3) is 2.90. The first-order valence-corrected chi connectivity index (χ1v) is 11.0. The molecule has 3 heterocycles. The van der Waals surface area contributed by atoms with Crippen molar-refractivity contribution in [2.75, 3.05) is 26.4 Å². The second-order valence-corrected chi connectivity index (χ2v) is 8.59. The van der Waals surface area contributed by atoms with Crippen LogP contribution in [0.1, 0.15) is 21.9 Å². The molecule has 0 aromatic heterocycles. The van der Waals surface area contributed by atoms with E-state index >= 15 is 0 Å². The number of hydrogen-bond acceptors (Lipinski definition) is 6. The molecule has 1 atom stereocenters. The van der Waals surface area contributed by atoms with E-state index in [1.807, 2.05) is 35.4 Å². The van der Waals surface area contributed by atoms with Gasteiger partial charge in [-0.3, -0.25) is 4.79 Å². The molecule has 146 valence electrons. The van der Waals surface area contributed by atoms with E-state index in [2.05, 4.69) is 15.9 Å². The Kier molecular flexibility index (Phi) is 4.55. The van der Waals surface area contributed by atoms with Gasteiger partial charge in [-0.2, -0.15) is 0 Å².